The molecule has 142 valence electrons. The average Bonchev–Trinajstić information content (AvgIpc) is 3.19. The van der Waals surface area contributed by atoms with Crippen molar-refractivity contribution in [3.05, 3.63) is 114 Å². The molecule has 0 radical (unpaired) electrons. The third kappa shape index (κ3) is 2.38. The molecule has 0 unspecified atom stereocenters. The zero-order chi connectivity index (χ0) is 20.9. The van der Waals surface area contributed by atoms with Gasteiger partial charge in [0.15, 0.2) is 11.4 Å². The van der Waals surface area contributed by atoms with Gasteiger partial charge >= 0.3 is 0 Å². The first-order valence-corrected chi connectivity index (χ1v) is 10.0. The minimum absolute atomic E-state index is 0.472. The Morgan fingerprint density at radius 3 is 1.71 bits per heavy atom. The maximum Gasteiger partial charge on any atom is 0.179 e. The molecule has 0 spiro atoms. The summed E-state index contributed by atoms with van der Waals surface area (Å²) < 4.78 is 2.21. The van der Waals surface area contributed by atoms with Crippen LogP contribution in [0.4, 0.5) is 11.4 Å². The lowest BCUT2D eigenvalue weighted by Gasteiger charge is -2.13. The molecule has 0 N–H and O–H groups in total. The summed E-state index contributed by atoms with van der Waals surface area (Å²) in [6, 6.07) is 30.8. The summed E-state index contributed by atoms with van der Waals surface area (Å²) in [7, 11) is 0. The highest BCUT2D eigenvalue weighted by Gasteiger charge is 2.18. The number of aromatic nitrogens is 1. The highest BCUT2D eigenvalue weighted by atomic mass is 15.0. The fourth-order valence-electron chi connectivity index (χ4n) is 4.73. The SMILES string of the molecule is [C-]#[N+]c1cc([N+]#[C-])cc(-n2c3ccccc3c3c4ccccc4c4ccccc4c32)c1. The molecule has 3 nitrogen and oxygen atoms in total. The van der Waals surface area contributed by atoms with Crippen LogP contribution in [0.15, 0.2) is 91.0 Å². The van der Waals surface area contributed by atoms with Gasteiger partial charge in [-0.1, -0.05) is 72.8 Å². The molecule has 0 amide bonds. The normalized spacial score (nSPS) is 11.2. The van der Waals surface area contributed by atoms with Gasteiger partial charge in [0.25, 0.3) is 0 Å². The van der Waals surface area contributed by atoms with Gasteiger partial charge in [0.05, 0.1) is 24.2 Å². The van der Waals surface area contributed by atoms with Crippen molar-refractivity contribution in [1.82, 2.24) is 4.57 Å². The summed E-state index contributed by atoms with van der Waals surface area (Å²) >= 11 is 0. The quantitative estimate of drug-likeness (QED) is 0.197. The Labute approximate surface area is 179 Å². The van der Waals surface area contributed by atoms with E-state index in [4.69, 9.17) is 13.1 Å². The van der Waals surface area contributed by atoms with E-state index < -0.39 is 0 Å². The molecule has 0 fully saturated rings. The standard InChI is InChI=1S/C28H15N3/c1-29-18-15-19(30-2)17-20(16-18)31-26-14-8-7-13-25(26)27-23-11-5-3-9-21(23)22-10-4-6-12-24(22)28(27)31/h3-17H. The van der Waals surface area contributed by atoms with Gasteiger partial charge < -0.3 is 4.57 Å². The number of para-hydroxylation sites is 1. The van der Waals surface area contributed by atoms with Crippen molar-refractivity contribution >= 4 is 54.7 Å². The van der Waals surface area contributed by atoms with Gasteiger partial charge in [-0.2, -0.15) is 0 Å². The van der Waals surface area contributed by atoms with Crippen LogP contribution >= 0.6 is 0 Å². The highest BCUT2D eigenvalue weighted by molar-refractivity contribution is 6.32. The van der Waals surface area contributed by atoms with Gasteiger partial charge in [-0.25, -0.2) is 9.69 Å². The van der Waals surface area contributed by atoms with Crippen LogP contribution in [0.3, 0.4) is 0 Å². The minimum Gasteiger partial charge on any atom is -0.311 e. The van der Waals surface area contributed by atoms with E-state index in [9.17, 15) is 0 Å². The fourth-order valence-corrected chi connectivity index (χ4v) is 4.73. The lowest BCUT2D eigenvalue weighted by Crippen LogP contribution is -1.94. The van der Waals surface area contributed by atoms with E-state index in [1.54, 1.807) is 6.07 Å². The summed E-state index contributed by atoms with van der Waals surface area (Å²) in [5.74, 6) is 0. The number of hydrogen-bond acceptors (Lipinski definition) is 0. The predicted molar refractivity (Wildman–Crippen MR) is 128 cm³/mol. The van der Waals surface area contributed by atoms with E-state index in [1.807, 2.05) is 18.2 Å². The van der Waals surface area contributed by atoms with Crippen LogP contribution < -0.4 is 0 Å². The molecule has 0 aliphatic carbocycles. The summed E-state index contributed by atoms with van der Waals surface area (Å²) in [6.45, 7) is 15.0. The maximum atomic E-state index is 7.52. The Kier molecular flexibility index (Phi) is 3.60. The van der Waals surface area contributed by atoms with Crippen LogP contribution in [-0.2, 0) is 0 Å². The number of benzene rings is 5. The molecule has 31 heavy (non-hydrogen) atoms. The molecule has 0 aliphatic heterocycles. The number of hydrogen-bond donors (Lipinski definition) is 0. The van der Waals surface area contributed by atoms with Crippen molar-refractivity contribution < 1.29 is 0 Å². The zero-order valence-corrected chi connectivity index (χ0v) is 16.5. The second-order valence-electron chi connectivity index (χ2n) is 7.60. The smallest absolute Gasteiger partial charge is 0.179 e. The van der Waals surface area contributed by atoms with Crippen molar-refractivity contribution in [2.24, 2.45) is 0 Å². The fraction of sp³-hybridized carbons (Fsp3) is 0. The van der Waals surface area contributed by atoms with Crippen LogP contribution in [0, 0.1) is 13.1 Å². The highest BCUT2D eigenvalue weighted by Crippen LogP contribution is 2.42. The van der Waals surface area contributed by atoms with Crippen molar-refractivity contribution in [3.63, 3.8) is 0 Å². The summed E-state index contributed by atoms with van der Waals surface area (Å²) in [4.78, 5) is 7.23. The van der Waals surface area contributed by atoms with Crippen LogP contribution in [0.2, 0.25) is 0 Å². The van der Waals surface area contributed by atoms with E-state index in [0.717, 1.165) is 27.5 Å². The van der Waals surface area contributed by atoms with Crippen molar-refractivity contribution in [1.29, 1.82) is 0 Å². The topological polar surface area (TPSA) is 13.7 Å². The van der Waals surface area contributed by atoms with Gasteiger partial charge in [-0.05, 0) is 34.4 Å². The summed E-state index contributed by atoms with van der Waals surface area (Å²) in [6.07, 6.45) is 0. The van der Waals surface area contributed by atoms with Crippen LogP contribution in [-0.4, -0.2) is 4.57 Å². The Morgan fingerprint density at radius 1 is 0.548 bits per heavy atom. The van der Waals surface area contributed by atoms with E-state index in [2.05, 4.69) is 81.0 Å². The summed E-state index contributed by atoms with van der Waals surface area (Å²) in [5, 5.41) is 7.15. The van der Waals surface area contributed by atoms with Gasteiger partial charge in [-0.15, -0.1) is 0 Å². The first-order valence-electron chi connectivity index (χ1n) is 10.0. The molecule has 0 bridgehead atoms. The largest absolute Gasteiger partial charge is 0.311 e. The number of nitrogens with zero attached hydrogens (tertiary/aromatic N) is 3. The Balaban J connectivity index is 1.95. The van der Waals surface area contributed by atoms with Crippen molar-refractivity contribution in [2.45, 2.75) is 0 Å². The number of fused-ring (bicyclic) bond motifs is 8. The maximum absolute atomic E-state index is 7.52. The van der Waals surface area contributed by atoms with Crippen LogP contribution in [0.1, 0.15) is 0 Å². The minimum atomic E-state index is 0.472. The summed E-state index contributed by atoms with van der Waals surface area (Å²) in [5.41, 5.74) is 3.95. The molecule has 0 saturated heterocycles. The lowest BCUT2D eigenvalue weighted by molar-refractivity contribution is 1.19. The number of rotatable bonds is 1. The molecule has 1 aromatic heterocycles. The average molecular weight is 393 g/mol. The predicted octanol–water partition coefficient (Wildman–Crippen LogP) is 8.19. The Hall–Kier alpha value is -4.60. The molecule has 6 aromatic rings. The van der Waals surface area contributed by atoms with Crippen LogP contribution in [0.25, 0.3) is 58.7 Å². The van der Waals surface area contributed by atoms with Gasteiger partial charge in [0.2, 0.25) is 0 Å². The molecular weight excluding hydrogens is 378 g/mol. The zero-order valence-electron chi connectivity index (χ0n) is 16.5. The van der Waals surface area contributed by atoms with Gasteiger partial charge in [-0.3, -0.25) is 0 Å². The lowest BCUT2D eigenvalue weighted by atomic mass is 9.97. The molecule has 1 heterocycles. The van der Waals surface area contributed by atoms with E-state index in [0.29, 0.717) is 11.4 Å². The molecule has 0 aliphatic rings. The second-order valence-corrected chi connectivity index (χ2v) is 7.60. The Morgan fingerprint density at radius 2 is 1.06 bits per heavy atom. The molecule has 6 rings (SSSR count). The monoisotopic (exact) mass is 393 g/mol. The molecule has 0 saturated carbocycles. The molecule has 3 heteroatoms. The molecule has 5 aromatic carbocycles. The molecule has 0 atom stereocenters. The van der Waals surface area contributed by atoms with Gasteiger partial charge in [0.1, 0.15) is 0 Å². The van der Waals surface area contributed by atoms with Crippen molar-refractivity contribution in [3.8, 4) is 5.69 Å². The second kappa shape index (κ2) is 6.46. The molecular formula is C28H15N3. The van der Waals surface area contributed by atoms with E-state index in [1.165, 1.54) is 21.5 Å². The third-order valence-electron chi connectivity index (χ3n) is 5.95. The third-order valence-corrected chi connectivity index (χ3v) is 5.95. The first-order chi connectivity index (χ1) is 15.3. The van der Waals surface area contributed by atoms with E-state index in [-0.39, 0.29) is 0 Å². The van der Waals surface area contributed by atoms with Gasteiger partial charge in [0, 0.05) is 21.8 Å². The Bertz CT molecular complexity index is 1730. The van der Waals surface area contributed by atoms with Crippen LogP contribution in [0.5, 0.6) is 0 Å². The van der Waals surface area contributed by atoms with Crippen molar-refractivity contribution in [2.75, 3.05) is 0 Å². The van der Waals surface area contributed by atoms with E-state index >= 15 is 0 Å². The first kappa shape index (κ1) is 17.3.